The first-order valence-electron chi connectivity index (χ1n) is 5.59. The molecule has 0 saturated heterocycles. The number of halogens is 1. The molecule has 1 aliphatic rings. The number of hydrogen-bond acceptors (Lipinski definition) is 3. The van der Waals surface area contributed by atoms with E-state index in [0.717, 1.165) is 0 Å². The summed E-state index contributed by atoms with van der Waals surface area (Å²) >= 11 is 0. The molecule has 0 amide bonds. The third-order valence-electron chi connectivity index (χ3n) is 2.81. The molecule has 1 N–H and O–H groups in total. The van der Waals surface area contributed by atoms with Crippen LogP contribution in [-0.2, 0) is 0 Å². The molecule has 0 bridgehead atoms. The number of hydrogen-bond donors (Lipinski definition) is 1. The molecular formula is C11H16FN3. The normalized spacial score (nSPS) is 18.5. The Labute approximate surface area is 89.1 Å². The molecule has 4 heteroatoms. The molecule has 0 radical (unpaired) electrons. The molecule has 1 aliphatic carbocycles. The molecular weight excluding hydrogens is 193 g/mol. The van der Waals surface area contributed by atoms with Gasteiger partial charge in [-0.2, -0.15) is 0 Å². The van der Waals surface area contributed by atoms with Gasteiger partial charge in [-0.05, 0) is 12.8 Å². The molecule has 1 aromatic rings. The van der Waals surface area contributed by atoms with Crippen molar-refractivity contribution in [3.05, 3.63) is 18.2 Å². The summed E-state index contributed by atoms with van der Waals surface area (Å²) in [5.41, 5.74) is 0. The first-order chi connectivity index (χ1) is 7.34. The molecule has 0 unspecified atom stereocenters. The molecule has 0 aromatic carbocycles. The zero-order chi connectivity index (χ0) is 10.5. The van der Waals surface area contributed by atoms with E-state index in [4.69, 9.17) is 0 Å². The van der Waals surface area contributed by atoms with Crippen molar-refractivity contribution in [2.75, 3.05) is 5.32 Å². The minimum Gasteiger partial charge on any atom is -0.351 e. The standard InChI is InChI=1S/C11H16FN3/c12-9-7-13-11(14-8-9)15-10-5-3-1-2-4-6-10/h7-8,10H,1-6H2,(H,13,14,15). The van der Waals surface area contributed by atoms with E-state index < -0.39 is 0 Å². The maximum absolute atomic E-state index is 12.6. The SMILES string of the molecule is Fc1cnc(NC2CCCCCC2)nc1. The second kappa shape index (κ2) is 5.05. The van der Waals surface area contributed by atoms with Gasteiger partial charge in [0.25, 0.3) is 0 Å². The van der Waals surface area contributed by atoms with Crippen molar-refractivity contribution < 1.29 is 4.39 Å². The molecule has 0 aliphatic heterocycles. The lowest BCUT2D eigenvalue weighted by Crippen LogP contribution is -2.19. The number of nitrogens with one attached hydrogen (secondary N) is 1. The van der Waals surface area contributed by atoms with Crippen molar-refractivity contribution in [3.63, 3.8) is 0 Å². The Bertz CT molecular complexity index is 291. The molecule has 0 atom stereocenters. The van der Waals surface area contributed by atoms with Gasteiger partial charge in [-0.15, -0.1) is 0 Å². The van der Waals surface area contributed by atoms with Crippen molar-refractivity contribution in [3.8, 4) is 0 Å². The molecule has 2 rings (SSSR count). The van der Waals surface area contributed by atoms with Crippen LogP contribution < -0.4 is 5.32 Å². The summed E-state index contributed by atoms with van der Waals surface area (Å²) in [7, 11) is 0. The van der Waals surface area contributed by atoms with Gasteiger partial charge in [-0.3, -0.25) is 0 Å². The fraction of sp³-hybridized carbons (Fsp3) is 0.636. The second-order valence-electron chi connectivity index (χ2n) is 4.06. The lowest BCUT2D eigenvalue weighted by molar-refractivity contribution is 0.601. The van der Waals surface area contributed by atoms with Gasteiger partial charge >= 0.3 is 0 Å². The summed E-state index contributed by atoms with van der Waals surface area (Å²) in [5.74, 6) is 0.157. The Hall–Kier alpha value is -1.19. The quantitative estimate of drug-likeness (QED) is 0.761. The van der Waals surface area contributed by atoms with E-state index in [1.807, 2.05) is 0 Å². The Morgan fingerprint density at radius 1 is 1.07 bits per heavy atom. The number of anilines is 1. The molecule has 0 spiro atoms. The summed E-state index contributed by atoms with van der Waals surface area (Å²) in [4.78, 5) is 7.81. The van der Waals surface area contributed by atoms with Crippen molar-refractivity contribution in [2.45, 2.75) is 44.6 Å². The summed E-state index contributed by atoms with van der Waals surface area (Å²) < 4.78 is 12.6. The highest BCUT2D eigenvalue weighted by Crippen LogP contribution is 2.19. The number of rotatable bonds is 2. The fourth-order valence-electron chi connectivity index (χ4n) is 1.99. The largest absolute Gasteiger partial charge is 0.351 e. The predicted molar refractivity (Wildman–Crippen MR) is 57.1 cm³/mol. The summed E-state index contributed by atoms with van der Waals surface area (Å²) in [5, 5.41) is 3.26. The second-order valence-corrected chi connectivity index (χ2v) is 4.06. The average molecular weight is 209 g/mol. The summed E-state index contributed by atoms with van der Waals surface area (Å²) in [6.07, 6.45) is 9.90. The molecule has 1 fully saturated rings. The van der Waals surface area contributed by atoms with E-state index in [0.29, 0.717) is 12.0 Å². The Kier molecular flexibility index (Phi) is 3.48. The molecule has 15 heavy (non-hydrogen) atoms. The van der Waals surface area contributed by atoms with Crippen molar-refractivity contribution >= 4 is 5.95 Å². The minimum absolute atomic E-state index is 0.388. The fourth-order valence-corrected chi connectivity index (χ4v) is 1.99. The highest BCUT2D eigenvalue weighted by Gasteiger charge is 2.12. The Morgan fingerprint density at radius 3 is 2.27 bits per heavy atom. The Morgan fingerprint density at radius 2 is 1.67 bits per heavy atom. The van der Waals surface area contributed by atoms with Gasteiger partial charge in [-0.25, -0.2) is 14.4 Å². The third kappa shape index (κ3) is 3.15. The van der Waals surface area contributed by atoms with Gasteiger partial charge in [0.2, 0.25) is 5.95 Å². The number of nitrogens with zero attached hydrogens (tertiary/aromatic N) is 2. The van der Waals surface area contributed by atoms with Crippen LogP contribution in [0.25, 0.3) is 0 Å². The van der Waals surface area contributed by atoms with Crippen LogP contribution in [0.5, 0.6) is 0 Å². The van der Waals surface area contributed by atoms with Crippen LogP contribution in [0.1, 0.15) is 38.5 Å². The molecule has 1 saturated carbocycles. The van der Waals surface area contributed by atoms with Gasteiger partial charge in [0.1, 0.15) is 0 Å². The van der Waals surface area contributed by atoms with Gasteiger partial charge < -0.3 is 5.32 Å². The monoisotopic (exact) mass is 209 g/mol. The van der Waals surface area contributed by atoms with E-state index in [1.54, 1.807) is 0 Å². The van der Waals surface area contributed by atoms with E-state index >= 15 is 0 Å². The van der Waals surface area contributed by atoms with Crippen LogP contribution in [0.15, 0.2) is 12.4 Å². The Balaban J connectivity index is 1.92. The highest BCUT2D eigenvalue weighted by molar-refractivity contribution is 5.24. The van der Waals surface area contributed by atoms with Gasteiger partial charge in [0.05, 0.1) is 12.4 Å². The summed E-state index contributed by atoms with van der Waals surface area (Å²) in [6.45, 7) is 0. The van der Waals surface area contributed by atoms with Crippen molar-refractivity contribution in [1.29, 1.82) is 0 Å². The predicted octanol–water partition coefficient (Wildman–Crippen LogP) is 2.75. The van der Waals surface area contributed by atoms with Crippen LogP contribution in [0.2, 0.25) is 0 Å². The lowest BCUT2D eigenvalue weighted by Gasteiger charge is -2.15. The number of aromatic nitrogens is 2. The zero-order valence-electron chi connectivity index (χ0n) is 8.75. The topological polar surface area (TPSA) is 37.8 Å². The van der Waals surface area contributed by atoms with Crippen LogP contribution >= 0.6 is 0 Å². The first kappa shape index (κ1) is 10.3. The maximum atomic E-state index is 12.6. The van der Waals surface area contributed by atoms with Crippen molar-refractivity contribution in [2.24, 2.45) is 0 Å². The van der Waals surface area contributed by atoms with E-state index in [-0.39, 0.29) is 5.82 Å². The van der Waals surface area contributed by atoms with Gasteiger partial charge in [0.15, 0.2) is 5.82 Å². The van der Waals surface area contributed by atoms with Crippen LogP contribution in [0.3, 0.4) is 0 Å². The van der Waals surface area contributed by atoms with E-state index in [2.05, 4.69) is 15.3 Å². The lowest BCUT2D eigenvalue weighted by atomic mass is 10.1. The molecule has 1 aromatic heterocycles. The van der Waals surface area contributed by atoms with Crippen LogP contribution in [-0.4, -0.2) is 16.0 Å². The highest BCUT2D eigenvalue weighted by atomic mass is 19.1. The van der Waals surface area contributed by atoms with E-state index in [9.17, 15) is 4.39 Å². The van der Waals surface area contributed by atoms with Gasteiger partial charge in [-0.1, -0.05) is 25.7 Å². The minimum atomic E-state index is -0.388. The zero-order valence-corrected chi connectivity index (χ0v) is 8.75. The molecule has 82 valence electrons. The smallest absolute Gasteiger partial charge is 0.222 e. The average Bonchev–Trinajstić information content (AvgIpc) is 2.50. The third-order valence-corrected chi connectivity index (χ3v) is 2.81. The van der Waals surface area contributed by atoms with Crippen LogP contribution in [0, 0.1) is 5.82 Å². The van der Waals surface area contributed by atoms with Gasteiger partial charge in [0, 0.05) is 6.04 Å². The maximum Gasteiger partial charge on any atom is 0.222 e. The first-order valence-corrected chi connectivity index (χ1v) is 5.59. The summed E-state index contributed by atoms with van der Waals surface area (Å²) in [6, 6.07) is 0.456. The van der Waals surface area contributed by atoms with E-state index in [1.165, 1.54) is 50.9 Å². The van der Waals surface area contributed by atoms with Crippen LogP contribution in [0.4, 0.5) is 10.3 Å². The van der Waals surface area contributed by atoms with Crippen molar-refractivity contribution in [1.82, 2.24) is 9.97 Å². The molecule has 1 heterocycles. The molecule has 3 nitrogen and oxygen atoms in total.